The standard InChI is InChI=1S/C15H16N2O6S/c1-21-7-8-23-12-9-10(3-4-11(12)22-2)16-15(18)13-5-6-14(24-13)17(19)20/h3-6,9H,7-8H2,1-2H3,(H,16,18). The first-order valence-corrected chi connectivity index (χ1v) is 7.72. The fourth-order valence-electron chi connectivity index (χ4n) is 1.84. The van der Waals surface area contributed by atoms with Crippen LogP contribution >= 0.6 is 11.3 Å². The minimum atomic E-state index is -0.531. The molecule has 0 radical (unpaired) electrons. The highest BCUT2D eigenvalue weighted by Gasteiger charge is 2.16. The van der Waals surface area contributed by atoms with Crippen LogP contribution < -0.4 is 14.8 Å². The van der Waals surface area contributed by atoms with E-state index in [1.807, 2.05) is 0 Å². The minimum Gasteiger partial charge on any atom is -0.493 e. The second-order valence-electron chi connectivity index (χ2n) is 4.56. The van der Waals surface area contributed by atoms with Crippen molar-refractivity contribution in [3.8, 4) is 11.5 Å². The molecule has 8 nitrogen and oxygen atoms in total. The van der Waals surface area contributed by atoms with Crippen LogP contribution in [0.25, 0.3) is 0 Å². The molecule has 1 aromatic carbocycles. The number of nitrogens with one attached hydrogen (secondary N) is 1. The van der Waals surface area contributed by atoms with E-state index in [1.165, 1.54) is 19.2 Å². The number of rotatable bonds is 8. The number of amides is 1. The number of nitro groups is 1. The third kappa shape index (κ3) is 4.43. The molecule has 0 aliphatic rings. The number of thiophene rings is 1. The van der Waals surface area contributed by atoms with Crippen LogP contribution in [0.5, 0.6) is 11.5 Å². The van der Waals surface area contributed by atoms with E-state index in [-0.39, 0.29) is 9.88 Å². The Morgan fingerprint density at radius 3 is 2.62 bits per heavy atom. The van der Waals surface area contributed by atoms with Gasteiger partial charge in [0, 0.05) is 24.9 Å². The summed E-state index contributed by atoms with van der Waals surface area (Å²) in [6, 6.07) is 7.65. The number of hydrogen-bond acceptors (Lipinski definition) is 7. The Labute approximate surface area is 142 Å². The summed E-state index contributed by atoms with van der Waals surface area (Å²) in [5.41, 5.74) is 0.490. The number of anilines is 1. The summed E-state index contributed by atoms with van der Waals surface area (Å²) in [4.78, 5) is 22.6. The van der Waals surface area contributed by atoms with E-state index in [0.29, 0.717) is 30.4 Å². The molecule has 0 aliphatic heterocycles. The van der Waals surface area contributed by atoms with Crippen molar-refractivity contribution in [3.05, 3.63) is 45.3 Å². The topological polar surface area (TPSA) is 99.9 Å². The summed E-state index contributed by atoms with van der Waals surface area (Å²) in [5.74, 6) is 0.557. The third-order valence-electron chi connectivity index (χ3n) is 2.96. The van der Waals surface area contributed by atoms with Crippen LogP contribution in [0.3, 0.4) is 0 Å². The zero-order valence-electron chi connectivity index (χ0n) is 13.1. The number of ether oxygens (including phenoxy) is 3. The second kappa shape index (κ2) is 8.27. The molecule has 1 N–H and O–H groups in total. The summed E-state index contributed by atoms with van der Waals surface area (Å²) in [6.45, 7) is 0.750. The normalized spacial score (nSPS) is 10.2. The number of carbonyl (C=O) groups excluding carboxylic acids is 1. The molecule has 128 valence electrons. The maximum Gasteiger partial charge on any atom is 0.324 e. The summed E-state index contributed by atoms with van der Waals surface area (Å²) in [6.07, 6.45) is 0. The number of hydrogen-bond donors (Lipinski definition) is 1. The van der Waals surface area contributed by atoms with Gasteiger partial charge in [-0.25, -0.2) is 0 Å². The molecule has 24 heavy (non-hydrogen) atoms. The van der Waals surface area contributed by atoms with E-state index in [9.17, 15) is 14.9 Å². The third-order valence-corrected chi connectivity index (χ3v) is 4.00. The molecular formula is C15H16N2O6S. The lowest BCUT2D eigenvalue weighted by Gasteiger charge is -2.12. The molecular weight excluding hydrogens is 336 g/mol. The summed E-state index contributed by atoms with van der Waals surface area (Å²) >= 11 is 0.813. The summed E-state index contributed by atoms with van der Waals surface area (Å²) < 4.78 is 15.7. The Morgan fingerprint density at radius 2 is 2.00 bits per heavy atom. The van der Waals surface area contributed by atoms with Crippen molar-refractivity contribution in [1.29, 1.82) is 0 Å². The predicted molar refractivity (Wildman–Crippen MR) is 89.3 cm³/mol. The predicted octanol–water partition coefficient (Wildman–Crippen LogP) is 2.94. The van der Waals surface area contributed by atoms with Gasteiger partial charge in [-0.05, 0) is 18.2 Å². The van der Waals surface area contributed by atoms with E-state index < -0.39 is 10.8 Å². The minimum absolute atomic E-state index is 0.0848. The van der Waals surface area contributed by atoms with E-state index in [2.05, 4.69) is 5.32 Å². The van der Waals surface area contributed by atoms with Gasteiger partial charge >= 0.3 is 5.00 Å². The van der Waals surface area contributed by atoms with Gasteiger partial charge in [0.2, 0.25) is 0 Å². The van der Waals surface area contributed by atoms with E-state index in [1.54, 1.807) is 25.3 Å². The van der Waals surface area contributed by atoms with Gasteiger partial charge in [0.15, 0.2) is 11.5 Å². The van der Waals surface area contributed by atoms with Gasteiger partial charge in [-0.1, -0.05) is 11.3 Å². The van der Waals surface area contributed by atoms with Gasteiger partial charge in [0.05, 0.1) is 23.5 Å². The zero-order valence-corrected chi connectivity index (χ0v) is 13.9. The van der Waals surface area contributed by atoms with Crippen LogP contribution in [0.15, 0.2) is 30.3 Å². The van der Waals surface area contributed by atoms with Crippen LogP contribution in [0, 0.1) is 10.1 Å². The molecule has 0 fully saturated rings. The van der Waals surface area contributed by atoms with Gasteiger partial charge in [-0.15, -0.1) is 0 Å². The highest BCUT2D eigenvalue weighted by Crippen LogP contribution is 2.31. The molecule has 1 amide bonds. The molecule has 1 aromatic heterocycles. The Kier molecular flexibility index (Phi) is 6.10. The van der Waals surface area contributed by atoms with Crippen molar-refractivity contribution < 1.29 is 23.9 Å². The molecule has 0 spiro atoms. The van der Waals surface area contributed by atoms with Crippen LogP contribution in [0.1, 0.15) is 9.67 Å². The van der Waals surface area contributed by atoms with Gasteiger partial charge in [-0.3, -0.25) is 14.9 Å². The quantitative estimate of drug-likeness (QED) is 0.445. The van der Waals surface area contributed by atoms with E-state index >= 15 is 0 Å². The Morgan fingerprint density at radius 1 is 1.21 bits per heavy atom. The zero-order chi connectivity index (χ0) is 17.5. The fraction of sp³-hybridized carbons (Fsp3) is 0.267. The highest BCUT2D eigenvalue weighted by atomic mass is 32.1. The number of methoxy groups -OCH3 is 2. The number of nitrogens with zero attached hydrogens (tertiary/aromatic N) is 1. The molecule has 0 bridgehead atoms. The molecule has 0 unspecified atom stereocenters. The summed E-state index contributed by atoms with van der Waals surface area (Å²) in [5, 5.41) is 13.3. The molecule has 0 aliphatic carbocycles. The van der Waals surface area contributed by atoms with Gasteiger partial charge < -0.3 is 19.5 Å². The van der Waals surface area contributed by atoms with Crippen LogP contribution in [0.4, 0.5) is 10.7 Å². The maximum absolute atomic E-state index is 12.2. The van der Waals surface area contributed by atoms with E-state index in [0.717, 1.165) is 11.3 Å². The maximum atomic E-state index is 12.2. The highest BCUT2D eigenvalue weighted by molar-refractivity contribution is 7.17. The molecule has 9 heteroatoms. The Bertz CT molecular complexity index is 731. The smallest absolute Gasteiger partial charge is 0.324 e. The average molecular weight is 352 g/mol. The first-order valence-electron chi connectivity index (χ1n) is 6.90. The van der Waals surface area contributed by atoms with Crippen LogP contribution in [-0.2, 0) is 4.74 Å². The lowest BCUT2D eigenvalue weighted by molar-refractivity contribution is -0.380. The Hall–Kier alpha value is -2.65. The van der Waals surface area contributed by atoms with Crippen molar-refractivity contribution in [1.82, 2.24) is 0 Å². The number of benzene rings is 1. The fourth-order valence-corrected chi connectivity index (χ4v) is 2.56. The second-order valence-corrected chi connectivity index (χ2v) is 5.62. The van der Waals surface area contributed by atoms with Crippen molar-refractivity contribution >= 4 is 27.9 Å². The first kappa shape index (κ1) is 17.7. The number of carbonyl (C=O) groups is 1. The molecule has 0 atom stereocenters. The average Bonchev–Trinajstić information content (AvgIpc) is 3.06. The molecule has 2 rings (SSSR count). The van der Waals surface area contributed by atoms with E-state index in [4.69, 9.17) is 14.2 Å². The van der Waals surface area contributed by atoms with Crippen molar-refractivity contribution in [2.45, 2.75) is 0 Å². The van der Waals surface area contributed by atoms with Gasteiger partial charge in [0.25, 0.3) is 5.91 Å². The molecule has 1 heterocycles. The Balaban J connectivity index is 2.11. The monoisotopic (exact) mass is 352 g/mol. The molecule has 0 saturated carbocycles. The first-order chi connectivity index (χ1) is 11.5. The lowest BCUT2D eigenvalue weighted by atomic mass is 10.2. The lowest BCUT2D eigenvalue weighted by Crippen LogP contribution is -2.11. The molecule has 0 saturated heterocycles. The van der Waals surface area contributed by atoms with Gasteiger partial charge in [0.1, 0.15) is 6.61 Å². The van der Waals surface area contributed by atoms with Crippen LogP contribution in [0.2, 0.25) is 0 Å². The van der Waals surface area contributed by atoms with Crippen LogP contribution in [-0.4, -0.2) is 38.3 Å². The van der Waals surface area contributed by atoms with Crippen molar-refractivity contribution in [2.24, 2.45) is 0 Å². The molecule has 2 aromatic rings. The van der Waals surface area contributed by atoms with Gasteiger partial charge in [-0.2, -0.15) is 0 Å². The SMILES string of the molecule is COCCOc1cc(NC(=O)c2ccc([N+](=O)[O-])s2)ccc1OC. The summed E-state index contributed by atoms with van der Waals surface area (Å²) in [7, 11) is 3.08. The van der Waals surface area contributed by atoms with Crippen molar-refractivity contribution in [3.63, 3.8) is 0 Å². The largest absolute Gasteiger partial charge is 0.493 e. The van der Waals surface area contributed by atoms with Crippen molar-refractivity contribution in [2.75, 3.05) is 32.8 Å².